The molecule has 1 aliphatic heterocycles. The van der Waals surface area contributed by atoms with E-state index in [1.165, 1.54) is 0 Å². The second kappa shape index (κ2) is 5.85. The Kier molecular flexibility index (Phi) is 4.06. The molecular weight excluding hydrogens is 298 g/mol. The number of carbonyl (C=O) groups is 1. The lowest BCUT2D eigenvalue weighted by Gasteiger charge is -2.39. The van der Waals surface area contributed by atoms with Gasteiger partial charge in [0.1, 0.15) is 5.76 Å². The number of nitrogens with zero attached hydrogens (tertiary/aromatic N) is 2. The molecule has 118 valence electrons. The number of hydrogen-bond donors (Lipinski definition) is 1. The van der Waals surface area contributed by atoms with Crippen molar-refractivity contribution in [3.05, 3.63) is 28.3 Å². The first-order valence-corrected chi connectivity index (χ1v) is 8.40. The molecule has 0 bridgehead atoms. The maximum atomic E-state index is 12.5. The Hall–Kier alpha value is -1.66. The Morgan fingerprint density at radius 2 is 2.36 bits per heavy atom. The molecular formula is C16H21N3O2S. The van der Waals surface area contributed by atoms with Crippen LogP contribution < -0.4 is 5.32 Å². The molecule has 0 radical (unpaired) electrons. The number of nitrogens with one attached hydrogen (secondary N) is 1. The van der Waals surface area contributed by atoms with Crippen molar-refractivity contribution in [2.45, 2.75) is 32.7 Å². The van der Waals surface area contributed by atoms with Gasteiger partial charge in [0.25, 0.3) is 0 Å². The van der Waals surface area contributed by atoms with Crippen LogP contribution in [0.4, 0.5) is 0 Å². The monoisotopic (exact) mass is 319 g/mol. The SMILES string of the molecule is Cc1oc(-c2ccsc2)nc1CC(=O)N1CCNC(C)(C)C1. The number of carbonyl (C=O) groups excluding carboxylic acids is 1. The highest BCUT2D eigenvalue weighted by Gasteiger charge is 2.29. The molecule has 1 fully saturated rings. The topological polar surface area (TPSA) is 58.4 Å². The molecule has 2 aromatic rings. The summed E-state index contributed by atoms with van der Waals surface area (Å²) < 4.78 is 5.70. The number of oxazole rings is 1. The van der Waals surface area contributed by atoms with Crippen LogP contribution in [0.2, 0.25) is 0 Å². The quantitative estimate of drug-likeness (QED) is 0.944. The van der Waals surface area contributed by atoms with Crippen molar-refractivity contribution in [1.82, 2.24) is 15.2 Å². The van der Waals surface area contributed by atoms with E-state index in [1.54, 1.807) is 11.3 Å². The number of rotatable bonds is 3. The number of aromatic nitrogens is 1. The average molecular weight is 319 g/mol. The molecule has 3 heterocycles. The third-order valence-electron chi connectivity index (χ3n) is 3.90. The lowest BCUT2D eigenvalue weighted by molar-refractivity contribution is -0.132. The fraction of sp³-hybridized carbons (Fsp3) is 0.500. The molecule has 0 saturated carbocycles. The number of piperazine rings is 1. The van der Waals surface area contributed by atoms with Crippen molar-refractivity contribution >= 4 is 17.2 Å². The van der Waals surface area contributed by atoms with E-state index in [2.05, 4.69) is 24.1 Å². The van der Waals surface area contributed by atoms with Crippen LogP contribution >= 0.6 is 11.3 Å². The highest BCUT2D eigenvalue weighted by atomic mass is 32.1. The smallest absolute Gasteiger partial charge is 0.228 e. The van der Waals surface area contributed by atoms with E-state index >= 15 is 0 Å². The molecule has 2 aromatic heterocycles. The predicted octanol–water partition coefficient (Wildman–Crippen LogP) is 2.46. The summed E-state index contributed by atoms with van der Waals surface area (Å²) in [7, 11) is 0. The summed E-state index contributed by atoms with van der Waals surface area (Å²) >= 11 is 1.60. The Bertz CT molecular complexity index is 661. The molecule has 0 unspecified atom stereocenters. The molecule has 5 nitrogen and oxygen atoms in total. The summed E-state index contributed by atoms with van der Waals surface area (Å²) in [4.78, 5) is 18.9. The first-order valence-electron chi connectivity index (χ1n) is 7.46. The van der Waals surface area contributed by atoms with Gasteiger partial charge in [-0.2, -0.15) is 11.3 Å². The van der Waals surface area contributed by atoms with Crippen LogP contribution in [0.5, 0.6) is 0 Å². The van der Waals surface area contributed by atoms with Crippen molar-refractivity contribution < 1.29 is 9.21 Å². The molecule has 22 heavy (non-hydrogen) atoms. The molecule has 6 heteroatoms. The fourth-order valence-electron chi connectivity index (χ4n) is 2.71. The maximum absolute atomic E-state index is 12.5. The highest BCUT2D eigenvalue weighted by Crippen LogP contribution is 2.24. The van der Waals surface area contributed by atoms with Crippen LogP contribution in [0.15, 0.2) is 21.2 Å². The normalized spacial score (nSPS) is 17.7. The number of hydrogen-bond acceptors (Lipinski definition) is 5. The van der Waals surface area contributed by atoms with Crippen LogP contribution in [-0.2, 0) is 11.2 Å². The first-order chi connectivity index (χ1) is 10.4. The zero-order chi connectivity index (χ0) is 15.7. The summed E-state index contributed by atoms with van der Waals surface area (Å²) in [6, 6.07) is 1.97. The van der Waals surface area contributed by atoms with Gasteiger partial charge in [-0.3, -0.25) is 4.79 Å². The van der Waals surface area contributed by atoms with Crippen LogP contribution in [0.25, 0.3) is 11.5 Å². The van der Waals surface area contributed by atoms with Crippen molar-refractivity contribution in [1.29, 1.82) is 0 Å². The van der Waals surface area contributed by atoms with Crippen LogP contribution in [0.1, 0.15) is 25.3 Å². The maximum Gasteiger partial charge on any atom is 0.228 e. The standard InChI is InChI=1S/C16H21N3O2S/c1-11-13(18-15(21-11)12-4-7-22-9-12)8-14(20)19-6-5-17-16(2,3)10-19/h4,7,9,17H,5-6,8,10H2,1-3H3. The van der Waals surface area contributed by atoms with E-state index in [4.69, 9.17) is 4.42 Å². The summed E-state index contributed by atoms with van der Waals surface area (Å²) in [6.07, 6.45) is 0.301. The van der Waals surface area contributed by atoms with Crippen LogP contribution in [-0.4, -0.2) is 41.0 Å². The molecule has 1 N–H and O–H groups in total. The Balaban J connectivity index is 1.72. The third-order valence-corrected chi connectivity index (χ3v) is 4.59. The lowest BCUT2D eigenvalue weighted by Crippen LogP contribution is -2.58. The minimum Gasteiger partial charge on any atom is -0.441 e. The average Bonchev–Trinajstić information content (AvgIpc) is 3.08. The Morgan fingerprint density at radius 1 is 1.55 bits per heavy atom. The van der Waals surface area contributed by atoms with E-state index in [-0.39, 0.29) is 11.4 Å². The zero-order valence-corrected chi connectivity index (χ0v) is 14.0. The molecule has 1 aliphatic rings. The van der Waals surface area contributed by atoms with E-state index in [9.17, 15) is 4.79 Å². The van der Waals surface area contributed by atoms with Gasteiger partial charge in [0.2, 0.25) is 11.8 Å². The zero-order valence-electron chi connectivity index (χ0n) is 13.2. The van der Waals surface area contributed by atoms with Crippen molar-refractivity contribution in [2.75, 3.05) is 19.6 Å². The van der Waals surface area contributed by atoms with Gasteiger partial charge in [0, 0.05) is 36.1 Å². The van der Waals surface area contributed by atoms with Gasteiger partial charge in [-0.05, 0) is 32.2 Å². The highest BCUT2D eigenvalue weighted by molar-refractivity contribution is 7.08. The summed E-state index contributed by atoms with van der Waals surface area (Å²) in [5.74, 6) is 1.44. The number of amides is 1. The number of thiophene rings is 1. The van der Waals surface area contributed by atoms with Crippen LogP contribution in [0.3, 0.4) is 0 Å². The van der Waals surface area contributed by atoms with E-state index in [0.717, 1.165) is 36.7 Å². The molecule has 0 aromatic carbocycles. The fourth-order valence-corrected chi connectivity index (χ4v) is 3.34. The van der Waals surface area contributed by atoms with E-state index in [0.29, 0.717) is 12.3 Å². The van der Waals surface area contributed by atoms with Crippen molar-refractivity contribution in [3.8, 4) is 11.5 Å². The largest absolute Gasteiger partial charge is 0.441 e. The van der Waals surface area contributed by atoms with Crippen molar-refractivity contribution in [2.24, 2.45) is 0 Å². The predicted molar refractivity (Wildman–Crippen MR) is 86.9 cm³/mol. The lowest BCUT2D eigenvalue weighted by atomic mass is 10.0. The molecule has 0 aliphatic carbocycles. The second-order valence-electron chi connectivity index (χ2n) is 6.34. The molecule has 3 rings (SSSR count). The van der Waals surface area contributed by atoms with Gasteiger partial charge in [0.15, 0.2) is 0 Å². The van der Waals surface area contributed by atoms with Gasteiger partial charge in [-0.15, -0.1) is 0 Å². The summed E-state index contributed by atoms with van der Waals surface area (Å²) in [5, 5.41) is 7.40. The number of aryl methyl sites for hydroxylation is 1. The Morgan fingerprint density at radius 3 is 3.05 bits per heavy atom. The minimum atomic E-state index is -0.0331. The van der Waals surface area contributed by atoms with Gasteiger partial charge >= 0.3 is 0 Å². The molecule has 0 spiro atoms. The van der Waals surface area contributed by atoms with E-state index < -0.39 is 0 Å². The van der Waals surface area contributed by atoms with Gasteiger partial charge in [-0.25, -0.2) is 4.98 Å². The van der Waals surface area contributed by atoms with Gasteiger partial charge in [-0.1, -0.05) is 0 Å². The van der Waals surface area contributed by atoms with Gasteiger partial charge < -0.3 is 14.6 Å². The summed E-state index contributed by atoms with van der Waals surface area (Å²) in [6.45, 7) is 8.39. The second-order valence-corrected chi connectivity index (χ2v) is 7.12. The minimum absolute atomic E-state index is 0.0331. The Labute approximate surface area is 134 Å². The molecule has 1 amide bonds. The molecule has 1 saturated heterocycles. The summed E-state index contributed by atoms with van der Waals surface area (Å²) in [5.41, 5.74) is 1.67. The third kappa shape index (κ3) is 3.23. The molecule has 0 atom stereocenters. The first kappa shape index (κ1) is 15.2. The van der Waals surface area contributed by atoms with Crippen molar-refractivity contribution in [3.63, 3.8) is 0 Å². The van der Waals surface area contributed by atoms with Crippen LogP contribution in [0, 0.1) is 6.92 Å². The van der Waals surface area contributed by atoms with E-state index in [1.807, 2.05) is 28.7 Å². The van der Waals surface area contributed by atoms with Gasteiger partial charge in [0.05, 0.1) is 12.1 Å².